The largest absolute Gasteiger partial charge is 0.496 e. The Bertz CT molecular complexity index is 817. The summed E-state index contributed by atoms with van der Waals surface area (Å²) >= 11 is 0. The standard InChI is InChI=1S/C23H30FN3O2/c1-16-4-9-22(29-3)21(14-16)17(2)25-23(28)26-20-10-12-27(13-11-20)15-18-5-7-19(24)8-6-18/h4-9,14,17,20H,10-13,15H2,1-3H3,(H2,25,26,28)/t17-/m1/s1. The van der Waals surface area contributed by atoms with Gasteiger partial charge in [-0.05, 0) is 50.5 Å². The maximum Gasteiger partial charge on any atom is 0.315 e. The molecular formula is C23H30FN3O2. The number of likely N-dealkylation sites (tertiary alicyclic amines) is 1. The van der Waals surface area contributed by atoms with Gasteiger partial charge in [0.25, 0.3) is 0 Å². The Hall–Kier alpha value is -2.60. The second-order valence-corrected chi connectivity index (χ2v) is 7.76. The van der Waals surface area contributed by atoms with Crippen LogP contribution in [0.4, 0.5) is 9.18 Å². The van der Waals surface area contributed by atoms with Gasteiger partial charge in [-0.1, -0.05) is 29.8 Å². The van der Waals surface area contributed by atoms with Crippen LogP contribution in [0.25, 0.3) is 0 Å². The van der Waals surface area contributed by atoms with Crippen molar-refractivity contribution in [3.05, 3.63) is 65.0 Å². The number of hydrogen-bond acceptors (Lipinski definition) is 3. The van der Waals surface area contributed by atoms with E-state index >= 15 is 0 Å². The van der Waals surface area contributed by atoms with Crippen LogP contribution in [0.2, 0.25) is 0 Å². The van der Waals surface area contributed by atoms with Crippen molar-refractivity contribution < 1.29 is 13.9 Å². The number of amides is 2. The molecule has 2 aromatic carbocycles. The van der Waals surface area contributed by atoms with Crippen LogP contribution in [0.1, 0.15) is 42.5 Å². The third kappa shape index (κ3) is 5.94. The first-order valence-electron chi connectivity index (χ1n) is 10.1. The SMILES string of the molecule is COc1ccc(C)cc1[C@@H](C)NC(=O)NC1CCN(Cc2ccc(F)cc2)CC1. The van der Waals surface area contributed by atoms with E-state index in [4.69, 9.17) is 4.74 Å². The number of urea groups is 1. The summed E-state index contributed by atoms with van der Waals surface area (Å²) in [6.07, 6.45) is 1.80. The lowest BCUT2D eigenvalue weighted by molar-refractivity contribution is 0.186. The van der Waals surface area contributed by atoms with E-state index in [-0.39, 0.29) is 23.9 Å². The number of rotatable bonds is 6. The molecule has 0 aromatic heterocycles. The zero-order valence-corrected chi connectivity index (χ0v) is 17.4. The fourth-order valence-electron chi connectivity index (χ4n) is 3.78. The highest BCUT2D eigenvalue weighted by Gasteiger charge is 2.22. The molecule has 3 rings (SSSR count). The average molecular weight is 400 g/mol. The lowest BCUT2D eigenvalue weighted by Gasteiger charge is -2.32. The highest BCUT2D eigenvalue weighted by atomic mass is 19.1. The zero-order chi connectivity index (χ0) is 20.8. The number of aryl methyl sites for hydroxylation is 1. The molecule has 1 heterocycles. The van der Waals surface area contributed by atoms with Crippen molar-refractivity contribution in [1.29, 1.82) is 0 Å². The van der Waals surface area contributed by atoms with Crippen molar-refractivity contribution >= 4 is 6.03 Å². The molecule has 0 spiro atoms. The second kappa shape index (κ2) is 9.74. The van der Waals surface area contributed by atoms with E-state index in [0.717, 1.165) is 54.9 Å². The van der Waals surface area contributed by atoms with Crippen LogP contribution in [0.5, 0.6) is 5.75 Å². The number of ether oxygens (including phenoxy) is 1. The van der Waals surface area contributed by atoms with Crippen molar-refractivity contribution in [2.45, 2.75) is 45.3 Å². The number of carbonyl (C=O) groups is 1. The van der Waals surface area contributed by atoms with E-state index in [0.29, 0.717) is 0 Å². The fourth-order valence-corrected chi connectivity index (χ4v) is 3.78. The van der Waals surface area contributed by atoms with Crippen LogP contribution in [-0.2, 0) is 6.54 Å². The zero-order valence-electron chi connectivity index (χ0n) is 17.4. The third-order valence-corrected chi connectivity index (χ3v) is 5.44. The summed E-state index contributed by atoms with van der Waals surface area (Å²) in [7, 11) is 1.64. The molecule has 2 N–H and O–H groups in total. The predicted octanol–water partition coefficient (Wildman–Crippen LogP) is 4.17. The fraction of sp³-hybridized carbons (Fsp3) is 0.435. The smallest absolute Gasteiger partial charge is 0.315 e. The molecular weight excluding hydrogens is 369 g/mol. The van der Waals surface area contributed by atoms with Crippen LogP contribution in [0, 0.1) is 12.7 Å². The monoisotopic (exact) mass is 399 g/mol. The van der Waals surface area contributed by atoms with E-state index in [1.54, 1.807) is 7.11 Å². The minimum atomic E-state index is -0.208. The third-order valence-electron chi connectivity index (χ3n) is 5.44. The molecule has 2 amide bonds. The Kier molecular flexibility index (Phi) is 7.09. The van der Waals surface area contributed by atoms with Crippen molar-refractivity contribution in [3.8, 4) is 5.75 Å². The molecule has 0 unspecified atom stereocenters. The average Bonchev–Trinajstić information content (AvgIpc) is 2.71. The topological polar surface area (TPSA) is 53.6 Å². The predicted molar refractivity (Wildman–Crippen MR) is 113 cm³/mol. The summed E-state index contributed by atoms with van der Waals surface area (Å²) in [5, 5.41) is 6.12. The quantitative estimate of drug-likeness (QED) is 0.767. The second-order valence-electron chi connectivity index (χ2n) is 7.76. The van der Waals surface area contributed by atoms with Gasteiger partial charge < -0.3 is 15.4 Å². The minimum Gasteiger partial charge on any atom is -0.496 e. The maximum absolute atomic E-state index is 13.0. The molecule has 0 aliphatic carbocycles. The normalized spacial score (nSPS) is 16.3. The molecule has 2 aromatic rings. The van der Waals surface area contributed by atoms with E-state index in [2.05, 4.69) is 15.5 Å². The first-order valence-corrected chi connectivity index (χ1v) is 10.1. The number of hydrogen-bond donors (Lipinski definition) is 2. The molecule has 1 aliphatic heterocycles. The molecule has 1 saturated heterocycles. The van der Waals surface area contributed by atoms with Gasteiger partial charge in [-0.15, -0.1) is 0 Å². The van der Waals surface area contributed by atoms with Gasteiger partial charge in [0.1, 0.15) is 11.6 Å². The summed E-state index contributed by atoms with van der Waals surface area (Å²) in [5.41, 5.74) is 3.21. The Morgan fingerprint density at radius 3 is 2.55 bits per heavy atom. The first-order chi connectivity index (χ1) is 13.9. The van der Waals surface area contributed by atoms with Gasteiger partial charge in [-0.2, -0.15) is 0 Å². The highest BCUT2D eigenvalue weighted by Crippen LogP contribution is 2.26. The van der Waals surface area contributed by atoms with E-state index in [1.807, 2.05) is 44.2 Å². The van der Waals surface area contributed by atoms with Crippen molar-refractivity contribution in [3.63, 3.8) is 0 Å². The summed E-state index contributed by atoms with van der Waals surface area (Å²) in [6.45, 7) is 6.61. The Balaban J connectivity index is 1.46. The van der Waals surface area contributed by atoms with E-state index in [9.17, 15) is 9.18 Å². The number of benzene rings is 2. The first kappa shape index (κ1) is 21.1. The van der Waals surface area contributed by atoms with Crippen molar-refractivity contribution in [2.75, 3.05) is 20.2 Å². The summed E-state index contributed by atoms with van der Waals surface area (Å²) in [6, 6.07) is 12.5. The number of carbonyl (C=O) groups excluding carboxylic acids is 1. The Labute approximate surface area is 172 Å². The lowest BCUT2D eigenvalue weighted by Crippen LogP contribution is -2.48. The summed E-state index contributed by atoms with van der Waals surface area (Å²) < 4.78 is 18.5. The molecule has 1 fully saturated rings. The number of piperidine rings is 1. The van der Waals surface area contributed by atoms with Gasteiger partial charge >= 0.3 is 6.03 Å². The van der Waals surface area contributed by atoms with Gasteiger partial charge in [0.15, 0.2) is 0 Å². The molecule has 1 atom stereocenters. The van der Waals surface area contributed by atoms with Crippen LogP contribution in [-0.4, -0.2) is 37.2 Å². The minimum absolute atomic E-state index is 0.150. The highest BCUT2D eigenvalue weighted by molar-refractivity contribution is 5.75. The summed E-state index contributed by atoms with van der Waals surface area (Å²) in [5.74, 6) is 0.567. The number of nitrogens with one attached hydrogen (secondary N) is 2. The van der Waals surface area contributed by atoms with Gasteiger partial charge in [-0.25, -0.2) is 9.18 Å². The molecule has 6 heteroatoms. The van der Waals surface area contributed by atoms with Crippen LogP contribution < -0.4 is 15.4 Å². The molecule has 156 valence electrons. The van der Waals surface area contributed by atoms with E-state index in [1.165, 1.54) is 12.1 Å². The maximum atomic E-state index is 13.0. The van der Waals surface area contributed by atoms with Crippen LogP contribution >= 0.6 is 0 Å². The molecule has 1 aliphatic rings. The number of nitrogens with zero attached hydrogens (tertiary/aromatic N) is 1. The van der Waals surface area contributed by atoms with Gasteiger partial charge in [0.05, 0.1) is 13.2 Å². The number of methoxy groups -OCH3 is 1. The van der Waals surface area contributed by atoms with Gasteiger partial charge in [0, 0.05) is 31.2 Å². The molecule has 0 saturated carbocycles. The molecule has 29 heavy (non-hydrogen) atoms. The van der Waals surface area contributed by atoms with E-state index < -0.39 is 0 Å². The van der Waals surface area contributed by atoms with Crippen LogP contribution in [0.3, 0.4) is 0 Å². The van der Waals surface area contributed by atoms with Gasteiger partial charge in [0.2, 0.25) is 0 Å². The summed E-state index contributed by atoms with van der Waals surface area (Å²) in [4.78, 5) is 14.8. The number of halogens is 1. The van der Waals surface area contributed by atoms with Gasteiger partial charge in [-0.3, -0.25) is 4.90 Å². The molecule has 0 radical (unpaired) electrons. The lowest BCUT2D eigenvalue weighted by atomic mass is 10.0. The Morgan fingerprint density at radius 1 is 1.21 bits per heavy atom. The van der Waals surface area contributed by atoms with Crippen molar-refractivity contribution in [2.24, 2.45) is 0 Å². The Morgan fingerprint density at radius 2 is 1.90 bits per heavy atom. The van der Waals surface area contributed by atoms with Crippen molar-refractivity contribution in [1.82, 2.24) is 15.5 Å². The molecule has 5 nitrogen and oxygen atoms in total. The molecule has 0 bridgehead atoms. The van der Waals surface area contributed by atoms with Crippen LogP contribution in [0.15, 0.2) is 42.5 Å².